The molecule has 0 aliphatic heterocycles. The standard InChI is InChI=1S/C26H37N3O4S/c1-6-7-16-27-26(31)22(4)28(17-15-23-11-9-8-10-12-23)25(30)19-29(34(5,32)33)24-14-13-20(2)21(3)18-24/h8-14,18,22H,6-7,15-17,19H2,1-5H3,(H,27,31). The highest BCUT2D eigenvalue weighted by Crippen LogP contribution is 2.22. The van der Waals surface area contributed by atoms with Gasteiger partial charge in [-0.25, -0.2) is 8.42 Å². The molecule has 1 unspecified atom stereocenters. The van der Waals surface area contributed by atoms with Gasteiger partial charge in [0.25, 0.3) is 0 Å². The lowest BCUT2D eigenvalue weighted by molar-refractivity contribution is -0.138. The van der Waals surface area contributed by atoms with E-state index in [2.05, 4.69) is 5.32 Å². The van der Waals surface area contributed by atoms with E-state index in [1.807, 2.05) is 57.2 Å². The van der Waals surface area contributed by atoms with Gasteiger partial charge in [-0.05, 0) is 62.4 Å². The number of anilines is 1. The summed E-state index contributed by atoms with van der Waals surface area (Å²) in [4.78, 5) is 27.7. The Kier molecular flexibility index (Phi) is 10.1. The Morgan fingerprint density at radius 1 is 1.03 bits per heavy atom. The van der Waals surface area contributed by atoms with E-state index in [4.69, 9.17) is 0 Å². The summed E-state index contributed by atoms with van der Waals surface area (Å²) >= 11 is 0. The Labute approximate surface area is 204 Å². The minimum atomic E-state index is -3.72. The number of sulfonamides is 1. The second-order valence-corrected chi connectivity index (χ2v) is 10.6. The molecule has 186 valence electrons. The van der Waals surface area contributed by atoms with Crippen molar-refractivity contribution >= 4 is 27.5 Å². The third-order valence-electron chi connectivity index (χ3n) is 5.94. The molecule has 0 aliphatic rings. The molecule has 0 spiro atoms. The lowest BCUT2D eigenvalue weighted by Crippen LogP contribution is -2.52. The summed E-state index contributed by atoms with van der Waals surface area (Å²) in [7, 11) is -3.72. The van der Waals surface area contributed by atoms with Gasteiger partial charge in [-0.3, -0.25) is 13.9 Å². The summed E-state index contributed by atoms with van der Waals surface area (Å²) in [6.07, 6.45) is 3.45. The SMILES string of the molecule is CCCCNC(=O)C(C)N(CCc1ccccc1)C(=O)CN(c1ccc(C)c(C)c1)S(C)(=O)=O. The molecule has 0 saturated carbocycles. The Hall–Kier alpha value is -2.87. The Morgan fingerprint density at radius 2 is 1.71 bits per heavy atom. The first-order chi connectivity index (χ1) is 16.0. The van der Waals surface area contributed by atoms with Crippen LogP contribution in [0.1, 0.15) is 43.4 Å². The number of hydrogen-bond donors (Lipinski definition) is 1. The van der Waals surface area contributed by atoms with E-state index in [0.29, 0.717) is 25.2 Å². The highest BCUT2D eigenvalue weighted by molar-refractivity contribution is 7.92. The van der Waals surface area contributed by atoms with Crippen molar-refractivity contribution < 1.29 is 18.0 Å². The van der Waals surface area contributed by atoms with E-state index in [1.54, 1.807) is 19.1 Å². The third kappa shape index (κ3) is 7.87. The second-order valence-electron chi connectivity index (χ2n) is 8.68. The van der Waals surface area contributed by atoms with Gasteiger partial charge in [0.2, 0.25) is 21.8 Å². The number of unbranched alkanes of at least 4 members (excludes halogenated alkanes) is 1. The molecule has 0 fully saturated rings. The number of aryl methyl sites for hydroxylation is 2. The van der Waals surface area contributed by atoms with Crippen LogP contribution in [0, 0.1) is 13.8 Å². The number of nitrogens with zero attached hydrogens (tertiary/aromatic N) is 2. The summed E-state index contributed by atoms with van der Waals surface area (Å²) < 4.78 is 26.3. The number of amides is 2. The van der Waals surface area contributed by atoms with Gasteiger partial charge in [0.1, 0.15) is 12.6 Å². The maximum atomic E-state index is 13.5. The number of rotatable bonds is 12. The van der Waals surface area contributed by atoms with Crippen LogP contribution in [-0.4, -0.2) is 57.1 Å². The molecule has 7 nitrogen and oxygen atoms in total. The van der Waals surface area contributed by atoms with Gasteiger partial charge in [-0.15, -0.1) is 0 Å². The van der Waals surface area contributed by atoms with Crippen LogP contribution in [-0.2, 0) is 26.0 Å². The number of benzene rings is 2. The minimum Gasteiger partial charge on any atom is -0.354 e. The topological polar surface area (TPSA) is 86.8 Å². The maximum Gasteiger partial charge on any atom is 0.244 e. The molecule has 0 radical (unpaired) electrons. The van der Waals surface area contributed by atoms with Crippen molar-refractivity contribution in [2.45, 2.75) is 53.0 Å². The molecule has 1 N–H and O–H groups in total. The number of hydrogen-bond acceptors (Lipinski definition) is 4. The minimum absolute atomic E-state index is 0.244. The Balaban J connectivity index is 2.29. The fraction of sp³-hybridized carbons (Fsp3) is 0.462. The van der Waals surface area contributed by atoms with Crippen molar-refractivity contribution in [2.75, 3.05) is 30.2 Å². The highest BCUT2D eigenvalue weighted by atomic mass is 32.2. The molecular weight excluding hydrogens is 450 g/mol. The number of carbonyl (C=O) groups excluding carboxylic acids is 2. The molecular formula is C26H37N3O4S. The molecule has 1 atom stereocenters. The van der Waals surface area contributed by atoms with Crippen LogP contribution in [0.5, 0.6) is 0 Å². The zero-order valence-corrected chi connectivity index (χ0v) is 21.7. The van der Waals surface area contributed by atoms with Crippen molar-refractivity contribution in [2.24, 2.45) is 0 Å². The van der Waals surface area contributed by atoms with E-state index in [9.17, 15) is 18.0 Å². The summed E-state index contributed by atoms with van der Waals surface area (Å²) in [5, 5.41) is 2.88. The highest BCUT2D eigenvalue weighted by Gasteiger charge is 2.29. The van der Waals surface area contributed by atoms with Gasteiger partial charge in [0.05, 0.1) is 11.9 Å². The van der Waals surface area contributed by atoms with Crippen molar-refractivity contribution in [3.63, 3.8) is 0 Å². The summed E-state index contributed by atoms with van der Waals surface area (Å²) in [6.45, 7) is 8.04. The quantitative estimate of drug-likeness (QED) is 0.465. The normalized spacial score (nSPS) is 12.1. The van der Waals surface area contributed by atoms with Crippen molar-refractivity contribution in [1.82, 2.24) is 10.2 Å². The van der Waals surface area contributed by atoms with Gasteiger partial charge in [-0.2, -0.15) is 0 Å². The van der Waals surface area contributed by atoms with Crippen LogP contribution in [0.15, 0.2) is 48.5 Å². The van der Waals surface area contributed by atoms with E-state index < -0.39 is 22.0 Å². The molecule has 2 amide bonds. The van der Waals surface area contributed by atoms with Crippen LogP contribution in [0.4, 0.5) is 5.69 Å². The van der Waals surface area contributed by atoms with Crippen molar-refractivity contribution in [3.8, 4) is 0 Å². The molecule has 8 heteroatoms. The fourth-order valence-electron chi connectivity index (χ4n) is 3.60. The molecule has 0 aliphatic carbocycles. The van der Waals surface area contributed by atoms with E-state index in [-0.39, 0.29) is 12.5 Å². The Morgan fingerprint density at radius 3 is 2.29 bits per heavy atom. The van der Waals surface area contributed by atoms with E-state index >= 15 is 0 Å². The molecule has 2 aromatic rings. The zero-order chi connectivity index (χ0) is 25.3. The largest absolute Gasteiger partial charge is 0.354 e. The molecule has 0 aromatic heterocycles. The number of carbonyl (C=O) groups is 2. The van der Waals surface area contributed by atoms with Crippen molar-refractivity contribution in [1.29, 1.82) is 0 Å². The lowest BCUT2D eigenvalue weighted by Gasteiger charge is -2.31. The molecule has 0 heterocycles. The van der Waals surface area contributed by atoms with E-state index in [1.165, 1.54) is 4.90 Å². The predicted molar refractivity (Wildman–Crippen MR) is 137 cm³/mol. The first-order valence-electron chi connectivity index (χ1n) is 11.7. The molecule has 2 rings (SSSR count). The first-order valence-corrected chi connectivity index (χ1v) is 13.6. The van der Waals surface area contributed by atoms with E-state index in [0.717, 1.165) is 40.1 Å². The van der Waals surface area contributed by atoms with Crippen molar-refractivity contribution in [3.05, 3.63) is 65.2 Å². The van der Waals surface area contributed by atoms with Gasteiger partial charge in [-0.1, -0.05) is 49.7 Å². The average Bonchev–Trinajstić information content (AvgIpc) is 2.79. The molecule has 2 aromatic carbocycles. The van der Waals surface area contributed by atoms with Gasteiger partial charge in [0, 0.05) is 13.1 Å². The monoisotopic (exact) mass is 487 g/mol. The third-order valence-corrected chi connectivity index (χ3v) is 7.08. The van der Waals surface area contributed by atoms with Gasteiger partial charge in [0.15, 0.2) is 0 Å². The van der Waals surface area contributed by atoms with Crippen LogP contribution >= 0.6 is 0 Å². The number of nitrogens with one attached hydrogen (secondary N) is 1. The molecule has 0 saturated heterocycles. The van der Waals surface area contributed by atoms with Gasteiger partial charge < -0.3 is 10.2 Å². The average molecular weight is 488 g/mol. The summed E-state index contributed by atoms with van der Waals surface area (Å²) in [6, 6.07) is 14.3. The summed E-state index contributed by atoms with van der Waals surface area (Å²) in [5.74, 6) is -0.662. The van der Waals surface area contributed by atoms with Crippen LogP contribution in [0.3, 0.4) is 0 Å². The van der Waals surface area contributed by atoms with Crippen LogP contribution in [0.2, 0.25) is 0 Å². The summed E-state index contributed by atoms with van der Waals surface area (Å²) in [5.41, 5.74) is 3.43. The fourth-order valence-corrected chi connectivity index (χ4v) is 4.44. The van der Waals surface area contributed by atoms with Gasteiger partial charge >= 0.3 is 0 Å². The predicted octanol–water partition coefficient (Wildman–Crippen LogP) is 3.45. The Bertz CT molecular complexity index is 1070. The van der Waals surface area contributed by atoms with Crippen LogP contribution < -0.4 is 9.62 Å². The molecule has 34 heavy (non-hydrogen) atoms. The molecule has 0 bridgehead atoms. The first kappa shape index (κ1) is 27.4. The smallest absolute Gasteiger partial charge is 0.244 e. The maximum absolute atomic E-state index is 13.5. The second kappa shape index (κ2) is 12.6. The zero-order valence-electron chi connectivity index (χ0n) is 20.9. The lowest BCUT2D eigenvalue weighted by atomic mass is 10.1. The van der Waals surface area contributed by atoms with Crippen LogP contribution in [0.25, 0.3) is 0 Å².